The third-order valence-electron chi connectivity index (χ3n) is 3.99. The molecular formula is C19H15ClN6O. The first-order chi connectivity index (χ1) is 13.2. The van der Waals surface area contributed by atoms with Crippen LogP contribution in [0.25, 0.3) is 11.3 Å². The highest BCUT2D eigenvalue weighted by Crippen LogP contribution is 2.23. The molecule has 0 aliphatic rings. The van der Waals surface area contributed by atoms with Gasteiger partial charge in [-0.25, -0.2) is 0 Å². The summed E-state index contributed by atoms with van der Waals surface area (Å²) in [6.07, 6.45) is 6.77. The molecule has 0 unspecified atom stereocenters. The average molecular weight is 379 g/mol. The molecule has 0 spiro atoms. The van der Waals surface area contributed by atoms with Crippen molar-refractivity contribution in [1.29, 1.82) is 0 Å². The highest BCUT2D eigenvalue weighted by molar-refractivity contribution is 6.30. The Morgan fingerprint density at radius 3 is 2.67 bits per heavy atom. The maximum absolute atomic E-state index is 12.6. The van der Waals surface area contributed by atoms with Crippen molar-refractivity contribution in [2.24, 2.45) is 0 Å². The van der Waals surface area contributed by atoms with Gasteiger partial charge >= 0.3 is 0 Å². The van der Waals surface area contributed by atoms with Gasteiger partial charge in [0.25, 0.3) is 5.91 Å². The molecule has 0 saturated carbocycles. The summed E-state index contributed by atoms with van der Waals surface area (Å²) in [5, 5.41) is 14.7. The zero-order chi connectivity index (χ0) is 18.6. The van der Waals surface area contributed by atoms with Crippen LogP contribution in [-0.4, -0.2) is 30.9 Å². The van der Waals surface area contributed by atoms with Crippen LogP contribution >= 0.6 is 11.6 Å². The number of nitrogens with one attached hydrogen (secondary N) is 2. The van der Waals surface area contributed by atoms with E-state index < -0.39 is 0 Å². The van der Waals surface area contributed by atoms with E-state index in [-0.39, 0.29) is 5.91 Å². The zero-order valence-corrected chi connectivity index (χ0v) is 14.9. The molecule has 3 heterocycles. The normalized spacial score (nSPS) is 10.7. The molecule has 0 atom stereocenters. The number of aromatic amines is 1. The molecule has 8 heteroatoms. The number of H-pyrrole nitrogens is 1. The van der Waals surface area contributed by atoms with E-state index in [0.717, 1.165) is 11.1 Å². The Hall–Kier alpha value is -3.45. The number of hydrogen-bond acceptors (Lipinski definition) is 4. The molecule has 0 aliphatic carbocycles. The molecule has 0 bridgehead atoms. The molecule has 0 radical (unpaired) electrons. The molecule has 0 fully saturated rings. The lowest BCUT2D eigenvalue weighted by atomic mass is 10.1. The first-order valence-corrected chi connectivity index (χ1v) is 8.60. The lowest BCUT2D eigenvalue weighted by molar-refractivity contribution is 0.102. The van der Waals surface area contributed by atoms with Gasteiger partial charge in [0.2, 0.25) is 0 Å². The Labute approximate surface area is 160 Å². The Morgan fingerprint density at radius 1 is 1.11 bits per heavy atom. The van der Waals surface area contributed by atoms with Crippen molar-refractivity contribution in [3.05, 3.63) is 83.4 Å². The predicted octanol–water partition coefficient (Wildman–Crippen LogP) is 3.62. The number of pyridine rings is 1. The second kappa shape index (κ2) is 7.43. The smallest absolute Gasteiger partial charge is 0.260 e. The highest BCUT2D eigenvalue weighted by Gasteiger charge is 2.16. The lowest BCUT2D eigenvalue weighted by Crippen LogP contribution is -2.13. The van der Waals surface area contributed by atoms with E-state index in [2.05, 4.69) is 25.6 Å². The van der Waals surface area contributed by atoms with Crippen LogP contribution in [-0.2, 0) is 6.54 Å². The minimum atomic E-state index is -0.289. The van der Waals surface area contributed by atoms with Gasteiger partial charge in [-0.15, -0.1) is 0 Å². The van der Waals surface area contributed by atoms with Gasteiger partial charge in [0.1, 0.15) is 0 Å². The van der Waals surface area contributed by atoms with Gasteiger partial charge in [-0.3, -0.25) is 19.6 Å². The number of aromatic nitrogens is 5. The Balaban J connectivity index is 1.49. The van der Waals surface area contributed by atoms with Crippen molar-refractivity contribution in [2.45, 2.75) is 6.54 Å². The van der Waals surface area contributed by atoms with Crippen molar-refractivity contribution < 1.29 is 4.79 Å². The van der Waals surface area contributed by atoms with Gasteiger partial charge in [-0.2, -0.15) is 10.2 Å². The molecule has 3 aromatic heterocycles. The van der Waals surface area contributed by atoms with Crippen molar-refractivity contribution >= 4 is 23.3 Å². The van der Waals surface area contributed by atoms with Gasteiger partial charge in [-0.1, -0.05) is 23.7 Å². The van der Waals surface area contributed by atoms with Crippen LogP contribution in [0.15, 0.2) is 67.3 Å². The molecule has 134 valence electrons. The standard InChI is InChI=1S/C19H15ClN6O/c20-15-3-1-14(2-4-15)18-16(11-22-24-18)19(27)23-17-7-10-26(25-17)12-13-5-8-21-9-6-13/h1-11H,12H2,(H,22,24)(H,23,25,27). The van der Waals surface area contributed by atoms with E-state index in [0.29, 0.717) is 28.6 Å². The quantitative estimate of drug-likeness (QED) is 0.555. The molecule has 0 saturated heterocycles. The van der Waals surface area contributed by atoms with E-state index in [4.69, 9.17) is 11.6 Å². The Bertz CT molecular complexity index is 1060. The van der Waals surface area contributed by atoms with Crippen LogP contribution in [0.1, 0.15) is 15.9 Å². The van der Waals surface area contributed by atoms with Gasteiger partial charge in [-0.05, 0) is 29.8 Å². The van der Waals surface area contributed by atoms with E-state index in [1.807, 2.05) is 30.5 Å². The molecular weight excluding hydrogens is 364 g/mol. The maximum Gasteiger partial charge on any atom is 0.260 e. The monoisotopic (exact) mass is 378 g/mol. The number of hydrogen-bond donors (Lipinski definition) is 2. The van der Waals surface area contributed by atoms with Crippen molar-refractivity contribution in [3.8, 4) is 11.3 Å². The minimum Gasteiger partial charge on any atom is -0.305 e. The van der Waals surface area contributed by atoms with Gasteiger partial charge < -0.3 is 5.32 Å². The summed E-state index contributed by atoms with van der Waals surface area (Å²) in [6, 6.07) is 12.8. The van der Waals surface area contributed by atoms with Crippen LogP contribution in [0.3, 0.4) is 0 Å². The van der Waals surface area contributed by atoms with E-state index >= 15 is 0 Å². The van der Waals surface area contributed by atoms with Gasteiger partial charge in [0, 0.05) is 35.2 Å². The van der Waals surface area contributed by atoms with Crippen LogP contribution in [0.2, 0.25) is 5.02 Å². The van der Waals surface area contributed by atoms with Crippen molar-refractivity contribution in [2.75, 3.05) is 5.32 Å². The topological polar surface area (TPSA) is 88.5 Å². The molecule has 27 heavy (non-hydrogen) atoms. The van der Waals surface area contributed by atoms with Crippen LogP contribution in [0.5, 0.6) is 0 Å². The van der Waals surface area contributed by atoms with Crippen molar-refractivity contribution in [1.82, 2.24) is 25.0 Å². The number of anilines is 1. The largest absolute Gasteiger partial charge is 0.305 e. The van der Waals surface area contributed by atoms with E-state index in [1.165, 1.54) is 6.20 Å². The summed E-state index contributed by atoms with van der Waals surface area (Å²) < 4.78 is 1.75. The summed E-state index contributed by atoms with van der Waals surface area (Å²) in [4.78, 5) is 16.6. The summed E-state index contributed by atoms with van der Waals surface area (Å²) in [5.41, 5.74) is 2.96. The molecule has 4 aromatic rings. The molecule has 4 rings (SSSR count). The number of rotatable bonds is 5. The molecule has 7 nitrogen and oxygen atoms in total. The SMILES string of the molecule is O=C(Nc1ccn(Cc2ccncc2)n1)c1cn[nH]c1-c1ccc(Cl)cc1. The number of halogens is 1. The first-order valence-electron chi connectivity index (χ1n) is 8.22. The third-order valence-corrected chi connectivity index (χ3v) is 4.25. The third kappa shape index (κ3) is 3.88. The summed E-state index contributed by atoms with van der Waals surface area (Å²) in [6.45, 7) is 0.597. The number of amides is 1. The fraction of sp³-hybridized carbons (Fsp3) is 0.0526. The average Bonchev–Trinajstić information content (AvgIpc) is 3.33. The number of carbonyl (C=O) groups is 1. The molecule has 2 N–H and O–H groups in total. The van der Waals surface area contributed by atoms with Crippen LogP contribution < -0.4 is 5.32 Å². The van der Waals surface area contributed by atoms with E-state index in [1.54, 1.807) is 35.3 Å². The molecule has 1 amide bonds. The minimum absolute atomic E-state index is 0.289. The fourth-order valence-electron chi connectivity index (χ4n) is 2.67. The van der Waals surface area contributed by atoms with Crippen LogP contribution in [0, 0.1) is 0 Å². The summed E-state index contributed by atoms with van der Waals surface area (Å²) >= 11 is 5.92. The molecule has 1 aromatic carbocycles. The second-order valence-electron chi connectivity index (χ2n) is 5.87. The Morgan fingerprint density at radius 2 is 1.89 bits per heavy atom. The van der Waals surface area contributed by atoms with Gasteiger partial charge in [0.15, 0.2) is 5.82 Å². The fourth-order valence-corrected chi connectivity index (χ4v) is 2.80. The maximum atomic E-state index is 12.6. The number of carbonyl (C=O) groups excluding carboxylic acids is 1. The number of nitrogens with zero attached hydrogens (tertiary/aromatic N) is 4. The number of benzene rings is 1. The lowest BCUT2D eigenvalue weighted by Gasteiger charge is -2.04. The first kappa shape index (κ1) is 17.0. The summed E-state index contributed by atoms with van der Waals surface area (Å²) in [5.74, 6) is 0.181. The zero-order valence-electron chi connectivity index (χ0n) is 14.1. The second-order valence-corrected chi connectivity index (χ2v) is 6.31. The summed E-state index contributed by atoms with van der Waals surface area (Å²) in [7, 11) is 0. The van der Waals surface area contributed by atoms with Gasteiger partial charge in [0.05, 0.1) is 24.0 Å². The van der Waals surface area contributed by atoms with Crippen molar-refractivity contribution in [3.63, 3.8) is 0 Å². The Kier molecular flexibility index (Phi) is 4.67. The van der Waals surface area contributed by atoms with Crippen LogP contribution in [0.4, 0.5) is 5.82 Å². The van der Waals surface area contributed by atoms with E-state index in [9.17, 15) is 4.79 Å². The molecule has 0 aliphatic heterocycles. The highest BCUT2D eigenvalue weighted by atomic mass is 35.5. The predicted molar refractivity (Wildman–Crippen MR) is 103 cm³/mol.